The van der Waals surface area contributed by atoms with Gasteiger partial charge in [-0.3, -0.25) is 4.79 Å². The molecule has 1 fully saturated rings. The van der Waals surface area contributed by atoms with Crippen LogP contribution in [0.1, 0.15) is 30.4 Å². The Bertz CT molecular complexity index is 642. The second kappa shape index (κ2) is 5.32. The van der Waals surface area contributed by atoms with Crippen molar-refractivity contribution in [3.8, 4) is 0 Å². The van der Waals surface area contributed by atoms with Crippen molar-refractivity contribution in [2.75, 3.05) is 5.32 Å². The van der Waals surface area contributed by atoms with Crippen molar-refractivity contribution in [3.05, 3.63) is 65.5 Å². The maximum Gasteiger partial charge on any atom is 0.235 e. The summed E-state index contributed by atoms with van der Waals surface area (Å²) in [6, 6.07) is 14.1. The molecule has 1 N–H and O–H groups in total. The van der Waals surface area contributed by atoms with Crippen LogP contribution in [0.4, 0.5) is 10.1 Å². The standard InChI is InChI=1S/C18H18FNO/c1-13-3-9-16(10-4-13)20-17(21)18(11-2-12-18)14-5-7-15(19)8-6-14/h3-10H,2,11-12H2,1H3,(H,20,21). The Balaban J connectivity index is 1.83. The number of halogens is 1. The number of anilines is 1. The van der Waals surface area contributed by atoms with Gasteiger partial charge in [0.05, 0.1) is 5.41 Å². The molecule has 1 aliphatic carbocycles. The van der Waals surface area contributed by atoms with E-state index in [2.05, 4.69) is 5.32 Å². The zero-order valence-corrected chi connectivity index (χ0v) is 12.0. The maximum absolute atomic E-state index is 13.1. The Morgan fingerprint density at radius 1 is 1.05 bits per heavy atom. The minimum Gasteiger partial charge on any atom is -0.325 e. The van der Waals surface area contributed by atoms with Gasteiger partial charge in [0.15, 0.2) is 0 Å². The average Bonchev–Trinajstić information content (AvgIpc) is 2.42. The van der Waals surface area contributed by atoms with E-state index in [-0.39, 0.29) is 11.7 Å². The van der Waals surface area contributed by atoms with Gasteiger partial charge >= 0.3 is 0 Å². The second-order valence-corrected chi connectivity index (χ2v) is 5.76. The first-order valence-electron chi connectivity index (χ1n) is 7.24. The normalized spacial score (nSPS) is 16.1. The molecule has 1 amide bonds. The first-order valence-corrected chi connectivity index (χ1v) is 7.24. The fourth-order valence-corrected chi connectivity index (χ4v) is 2.83. The molecule has 3 heteroatoms. The van der Waals surface area contributed by atoms with Gasteiger partial charge < -0.3 is 5.32 Å². The second-order valence-electron chi connectivity index (χ2n) is 5.76. The van der Waals surface area contributed by atoms with Gasteiger partial charge in [-0.15, -0.1) is 0 Å². The number of aryl methyl sites for hydroxylation is 1. The van der Waals surface area contributed by atoms with E-state index in [0.717, 1.165) is 36.1 Å². The number of amides is 1. The van der Waals surface area contributed by atoms with E-state index >= 15 is 0 Å². The van der Waals surface area contributed by atoms with Crippen molar-refractivity contribution in [2.45, 2.75) is 31.6 Å². The summed E-state index contributed by atoms with van der Waals surface area (Å²) in [7, 11) is 0. The molecule has 0 bridgehead atoms. The van der Waals surface area contributed by atoms with Crippen molar-refractivity contribution < 1.29 is 9.18 Å². The fourth-order valence-electron chi connectivity index (χ4n) is 2.83. The molecule has 0 unspecified atom stereocenters. The molecule has 0 heterocycles. The Morgan fingerprint density at radius 3 is 2.19 bits per heavy atom. The third-order valence-electron chi connectivity index (χ3n) is 4.35. The topological polar surface area (TPSA) is 29.1 Å². The van der Waals surface area contributed by atoms with Crippen LogP contribution in [0.5, 0.6) is 0 Å². The van der Waals surface area contributed by atoms with E-state index < -0.39 is 5.41 Å². The zero-order valence-electron chi connectivity index (χ0n) is 12.0. The van der Waals surface area contributed by atoms with Crippen LogP contribution in [0.2, 0.25) is 0 Å². The third kappa shape index (κ3) is 2.56. The van der Waals surface area contributed by atoms with Crippen molar-refractivity contribution >= 4 is 11.6 Å². The summed E-state index contributed by atoms with van der Waals surface area (Å²) >= 11 is 0. The van der Waals surface area contributed by atoms with Crippen LogP contribution in [0.15, 0.2) is 48.5 Å². The Kier molecular flexibility index (Phi) is 3.50. The molecule has 2 aromatic rings. The lowest BCUT2D eigenvalue weighted by Crippen LogP contribution is -2.46. The van der Waals surface area contributed by atoms with Crippen LogP contribution in [0.3, 0.4) is 0 Å². The van der Waals surface area contributed by atoms with Crippen LogP contribution >= 0.6 is 0 Å². The lowest BCUT2D eigenvalue weighted by molar-refractivity contribution is -0.124. The molecule has 1 aliphatic rings. The van der Waals surface area contributed by atoms with Crippen molar-refractivity contribution in [1.29, 1.82) is 0 Å². The highest BCUT2D eigenvalue weighted by molar-refractivity contribution is 5.99. The van der Waals surface area contributed by atoms with Gasteiger partial charge in [-0.05, 0) is 49.6 Å². The predicted molar refractivity (Wildman–Crippen MR) is 81.7 cm³/mol. The summed E-state index contributed by atoms with van der Waals surface area (Å²) in [5, 5.41) is 2.99. The summed E-state index contributed by atoms with van der Waals surface area (Å²) in [5.41, 5.74) is 2.36. The minimum atomic E-state index is -0.501. The van der Waals surface area contributed by atoms with Crippen molar-refractivity contribution in [1.82, 2.24) is 0 Å². The molecule has 0 saturated heterocycles. The van der Waals surface area contributed by atoms with Crippen LogP contribution in [-0.4, -0.2) is 5.91 Å². The summed E-state index contributed by atoms with van der Waals surface area (Å²) in [5.74, 6) is -0.267. The first kappa shape index (κ1) is 13.8. The molecule has 108 valence electrons. The van der Waals surface area contributed by atoms with E-state index in [1.165, 1.54) is 12.1 Å². The highest BCUT2D eigenvalue weighted by atomic mass is 19.1. The maximum atomic E-state index is 13.1. The Hall–Kier alpha value is -2.16. The fraction of sp³-hybridized carbons (Fsp3) is 0.278. The molecule has 2 aromatic carbocycles. The monoisotopic (exact) mass is 283 g/mol. The zero-order chi connectivity index (χ0) is 14.9. The number of nitrogens with one attached hydrogen (secondary N) is 1. The number of hydrogen-bond donors (Lipinski definition) is 1. The molecule has 0 aromatic heterocycles. The van der Waals surface area contributed by atoms with Gasteiger partial charge in [0.2, 0.25) is 5.91 Å². The molecular weight excluding hydrogens is 265 g/mol. The van der Waals surface area contributed by atoms with E-state index in [0.29, 0.717) is 0 Å². The number of hydrogen-bond acceptors (Lipinski definition) is 1. The largest absolute Gasteiger partial charge is 0.325 e. The quantitative estimate of drug-likeness (QED) is 0.899. The lowest BCUT2D eigenvalue weighted by Gasteiger charge is -2.40. The number of benzene rings is 2. The third-order valence-corrected chi connectivity index (χ3v) is 4.35. The van der Waals surface area contributed by atoms with Crippen molar-refractivity contribution in [3.63, 3.8) is 0 Å². The molecule has 3 rings (SSSR count). The van der Waals surface area contributed by atoms with E-state index in [1.807, 2.05) is 31.2 Å². The van der Waals surface area contributed by atoms with Gasteiger partial charge in [0, 0.05) is 5.69 Å². The molecule has 0 spiro atoms. The predicted octanol–water partition coefficient (Wildman–Crippen LogP) is 4.19. The summed E-state index contributed by atoms with van der Waals surface area (Å²) < 4.78 is 13.1. The van der Waals surface area contributed by atoms with E-state index in [9.17, 15) is 9.18 Å². The van der Waals surface area contributed by atoms with E-state index in [1.54, 1.807) is 12.1 Å². The molecule has 0 atom stereocenters. The van der Waals surface area contributed by atoms with Gasteiger partial charge in [0.25, 0.3) is 0 Å². The van der Waals surface area contributed by atoms with Crippen LogP contribution in [0.25, 0.3) is 0 Å². The molecule has 2 nitrogen and oxygen atoms in total. The Labute approximate surface area is 124 Å². The van der Waals surface area contributed by atoms with Crippen LogP contribution in [0, 0.1) is 12.7 Å². The highest BCUT2D eigenvalue weighted by Crippen LogP contribution is 2.44. The highest BCUT2D eigenvalue weighted by Gasteiger charge is 2.45. The van der Waals surface area contributed by atoms with Crippen LogP contribution < -0.4 is 5.32 Å². The summed E-state index contributed by atoms with van der Waals surface area (Å²) in [4.78, 5) is 12.7. The average molecular weight is 283 g/mol. The molecule has 1 saturated carbocycles. The minimum absolute atomic E-state index is 0.00390. The molecular formula is C18H18FNO. The van der Waals surface area contributed by atoms with Gasteiger partial charge in [-0.25, -0.2) is 4.39 Å². The van der Waals surface area contributed by atoms with Gasteiger partial charge in [0.1, 0.15) is 5.82 Å². The summed E-state index contributed by atoms with van der Waals surface area (Å²) in [6.45, 7) is 2.01. The van der Waals surface area contributed by atoms with Crippen molar-refractivity contribution in [2.24, 2.45) is 0 Å². The molecule has 0 aliphatic heterocycles. The number of rotatable bonds is 3. The SMILES string of the molecule is Cc1ccc(NC(=O)C2(c3ccc(F)cc3)CCC2)cc1. The summed E-state index contributed by atoms with van der Waals surface area (Å²) in [6.07, 6.45) is 2.66. The lowest BCUT2D eigenvalue weighted by atomic mass is 9.64. The Morgan fingerprint density at radius 2 is 1.67 bits per heavy atom. The van der Waals surface area contributed by atoms with Gasteiger partial charge in [-0.2, -0.15) is 0 Å². The van der Waals surface area contributed by atoms with Crippen LogP contribution in [-0.2, 0) is 10.2 Å². The number of carbonyl (C=O) groups excluding carboxylic acids is 1. The molecule has 0 radical (unpaired) electrons. The van der Waals surface area contributed by atoms with Gasteiger partial charge in [-0.1, -0.05) is 36.2 Å². The molecule has 21 heavy (non-hydrogen) atoms. The van der Waals surface area contributed by atoms with E-state index in [4.69, 9.17) is 0 Å². The first-order chi connectivity index (χ1) is 10.1. The number of carbonyl (C=O) groups is 1. The smallest absolute Gasteiger partial charge is 0.235 e.